The molecule has 0 saturated carbocycles. The average Bonchev–Trinajstić information content (AvgIpc) is 3.16. The van der Waals surface area contributed by atoms with Crippen LogP contribution < -0.4 is 0 Å². The molecule has 4 heterocycles. The number of piperidine rings is 1. The number of ether oxygens (including phenoxy) is 1. The van der Waals surface area contributed by atoms with E-state index in [1.807, 2.05) is 9.58 Å². The van der Waals surface area contributed by atoms with Crippen molar-refractivity contribution in [3.8, 4) is 0 Å². The number of amides is 1. The lowest BCUT2D eigenvalue weighted by atomic mass is 10.00. The monoisotopic (exact) mass is 291 g/mol. The maximum absolute atomic E-state index is 12.4. The molecular formula is C12H13N5O2S. The SMILES string of the molecule is O=C(c1cscn1)N1CC[C@@H]2OCc3cnnn3[C@@H]2C1. The molecular weight excluding hydrogens is 278 g/mol. The largest absolute Gasteiger partial charge is 0.370 e. The molecule has 7 nitrogen and oxygen atoms in total. The predicted molar refractivity (Wildman–Crippen MR) is 70.3 cm³/mol. The Hall–Kier alpha value is -1.80. The lowest BCUT2D eigenvalue weighted by molar-refractivity contribution is -0.0605. The Morgan fingerprint density at radius 3 is 3.30 bits per heavy atom. The molecule has 4 rings (SSSR count). The van der Waals surface area contributed by atoms with E-state index in [9.17, 15) is 4.79 Å². The molecule has 20 heavy (non-hydrogen) atoms. The topological polar surface area (TPSA) is 73.1 Å². The van der Waals surface area contributed by atoms with Gasteiger partial charge < -0.3 is 9.64 Å². The van der Waals surface area contributed by atoms with Crippen molar-refractivity contribution in [2.75, 3.05) is 13.1 Å². The van der Waals surface area contributed by atoms with E-state index in [0.717, 1.165) is 12.1 Å². The number of thiazole rings is 1. The lowest BCUT2D eigenvalue weighted by Gasteiger charge is -2.40. The van der Waals surface area contributed by atoms with Crippen LogP contribution in [0, 0.1) is 0 Å². The van der Waals surface area contributed by atoms with Crippen molar-refractivity contribution in [2.45, 2.75) is 25.2 Å². The van der Waals surface area contributed by atoms with Crippen LogP contribution in [-0.4, -0.2) is 50.0 Å². The van der Waals surface area contributed by atoms with Crippen LogP contribution in [0.2, 0.25) is 0 Å². The summed E-state index contributed by atoms with van der Waals surface area (Å²) >= 11 is 1.43. The number of rotatable bonds is 1. The first kappa shape index (κ1) is 12.0. The van der Waals surface area contributed by atoms with E-state index in [0.29, 0.717) is 25.4 Å². The molecule has 0 unspecified atom stereocenters. The van der Waals surface area contributed by atoms with E-state index < -0.39 is 0 Å². The summed E-state index contributed by atoms with van der Waals surface area (Å²) in [5.41, 5.74) is 3.16. The van der Waals surface area contributed by atoms with E-state index in [-0.39, 0.29) is 18.1 Å². The Morgan fingerprint density at radius 1 is 1.50 bits per heavy atom. The highest BCUT2D eigenvalue weighted by Crippen LogP contribution is 2.30. The van der Waals surface area contributed by atoms with Gasteiger partial charge >= 0.3 is 0 Å². The number of hydrogen-bond donors (Lipinski definition) is 0. The van der Waals surface area contributed by atoms with Crippen LogP contribution in [0.15, 0.2) is 17.1 Å². The summed E-state index contributed by atoms with van der Waals surface area (Å²) in [6, 6.07) is 0.0533. The van der Waals surface area contributed by atoms with Crippen LogP contribution in [0.5, 0.6) is 0 Å². The number of carbonyl (C=O) groups excluding carboxylic acids is 1. The number of likely N-dealkylation sites (tertiary alicyclic amines) is 1. The summed E-state index contributed by atoms with van der Waals surface area (Å²) < 4.78 is 7.73. The minimum atomic E-state index is -0.0167. The normalized spacial score (nSPS) is 25.1. The zero-order valence-corrected chi connectivity index (χ0v) is 11.5. The maximum Gasteiger partial charge on any atom is 0.273 e. The van der Waals surface area contributed by atoms with Crippen LogP contribution in [-0.2, 0) is 11.3 Å². The van der Waals surface area contributed by atoms with Crippen molar-refractivity contribution in [1.29, 1.82) is 0 Å². The molecule has 2 atom stereocenters. The molecule has 104 valence electrons. The molecule has 0 bridgehead atoms. The van der Waals surface area contributed by atoms with Crippen molar-refractivity contribution in [2.24, 2.45) is 0 Å². The highest BCUT2D eigenvalue weighted by atomic mass is 32.1. The molecule has 1 fully saturated rings. The first-order chi connectivity index (χ1) is 9.83. The van der Waals surface area contributed by atoms with Crippen molar-refractivity contribution in [3.63, 3.8) is 0 Å². The van der Waals surface area contributed by atoms with Crippen LogP contribution in [0.1, 0.15) is 28.6 Å². The molecule has 0 spiro atoms. The van der Waals surface area contributed by atoms with Gasteiger partial charge in [0.1, 0.15) is 5.69 Å². The predicted octanol–water partition coefficient (Wildman–Crippen LogP) is 0.721. The second-order valence-electron chi connectivity index (χ2n) is 5.00. The van der Waals surface area contributed by atoms with Gasteiger partial charge in [-0.3, -0.25) is 4.79 Å². The van der Waals surface area contributed by atoms with Crippen molar-refractivity contribution >= 4 is 17.2 Å². The van der Waals surface area contributed by atoms with Gasteiger partial charge in [-0.1, -0.05) is 5.21 Å². The molecule has 2 aromatic rings. The van der Waals surface area contributed by atoms with E-state index >= 15 is 0 Å². The fraction of sp³-hybridized carbons (Fsp3) is 0.500. The second-order valence-corrected chi connectivity index (χ2v) is 5.72. The van der Waals surface area contributed by atoms with Gasteiger partial charge in [0.2, 0.25) is 0 Å². The Labute approximate surface area is 119 Å². The Balaban J connectivity index is 1.58. The van der Waals surface area contributed by atoms with Gasteiger partial charge in [-0.25, -0.2) is 9.67 Å². The fourth-order valence-electron chi connectivity index (χ4n) is 2.84. The van der Waals surface area contributed by atoms with Crippen LogP contribution in [0.4, 0.5) is 0 Å². The molecule has 0 aromatic carbocycles. The van der Waals surface area contributed by atoms with Gasteiger partial charge in [-0.05, 0) is 6.42 Å². The summed E-state index contributed by atoms with van der Waals surface area (Å²) in [7, 11) is 0. The van der Waals surface area contributed by atoms with Gasteiger partial charge in [-0.2, -0.15) is 0 Å². The molecule has 0 radical (unpaired) electrons. The van der Waals surface area contributed by atoms with Crippen LogP contribution in [0.25, 0.3) is 0 Å². The highest BCUT2D eigenvalue weighted by molar-refractivity contribution is 7.07. The quantitative estimate of drug-likeness (QED) is 0.774. The smallest absolute Gasteiger partial charge is 0.273 e. The van der Waals surface area contributed by atoms with Gasteiger partial charge in [0.05, 0.1) is 36.2 Å². The molecule has 1 amide bonds. The van der Waals surface area contributed by atoms with E-state index in [2.05, 4.69) is 15.3 Å². The van der Waals surface area contributed by atoms with Gasteiger partial charge in [0, 0.05) is 18.5 Å². The van der Waals surface area contributed by atoms with Crippen LogP contribution in [0.3, 0.4) is 0 Å². The van der Waals surface area contributed by atoms with Crippen molar-refractivity contribution in [3.05, 3.63) is 28.5 Å². The second kappa shape index (κ2) is 4.64. The number of nitrogens with zero attached hydrogens (tertiary/aromatic N) is 5. The number of hydrogen-bond acceptors (Lipinski definition) is 6. The van der Waals surface area contributed by atoms with E-state index in [1.165, 1.54) is 11.3 Å². The molecule has 1 saturated heterocycles. The molecule has 0 aliphatic carbocycles. The highest BCUT2D eigenvalue weighted by Gasteiger charge is 2.38. The Morgan fingerprint density at radius 2 is 2.45 bits per heavy atom. The lowest BCUT2D eigenvalue weighted by Crippen LogP contribution is -2.50. The van der Waals surface area contributed by atoms with Crippen molar-refractivity contribution in [1.82, 2.24) is 24.9 Å². The van der Waals surface area contributed by atoms with E-state index in [4.69, 9.17) is 4.74 Å². The summed E-state index contributed by atoms with van der Waals surface area (Å²) in [4.78, 5) is 18.3. The van der Waals surface area contributed by atoms with Gasteiger partial charge in [0.25, 0.3) is 5.91 Å². The zero-order chi connectivity index (χ0) is 13.5. The number of fused-ring (bicyclic) bond motifs is 3. The standard InChI is InChI=1S/C12H13N5O2S/c18-12(9-6-20-7-13-9)16-2-1-11-10(4-16)17-8(5-19-11)3-14-15-17/h3,6-7,10-11H,1-2,4-5H2/t10-,11+/m1/s1. The van der Waals surface area contributed by atoms with E-state index in [1.54, 1.807) is 17.1 Å². The minimum Gasteiger partial charge on any atom is -0.370 e. The molecule has 2 aromatic heterocycles. The first-order valence-corrected chi connectivity index (χ1v) is 7.45. The van der Waals surface area contributed by atoms with Gasteiger partial charge in [-0.15, -0.1) is 16.4 Å². The third kappa shape index (κ3) is 1.83. The average molecular weight is 291 g/mol. The zero-order valence-electron chi connectivity index (χ0n) is 10.7. The third-order valence-electron chi connectivity index (χ3n) is 3.87. The summed E-state index contributed by atoms with van der Waals surface area (Å²) in [6.45, 7) is 1.84. The molecule has 8 heteroatoms. The molecule has 2 aliphatic rings. The van der Waals surface area contributed by atoms with Crippen molar-refractivity contribution < 1.29 is 9.53 Å². The summed E-state index contributed by atoms with van der Waals surface area (Å²) in [6.07, 6.45) is 2.65. The first-order valence-electron chi connectivity index (χ1n) is 6.51. The molecule has 2 aliphatic heterocycles. The maximum atomic E-state index is 12.4. The Kier molecular flexibility index (Phi) is 2.78. The molecule has 0 N–H and O–H groups in total. The van der Waals surface area contributed by atoms with Gasteiger partial charge in [0.15, 0.2) is 0 Å². The van der Waals surface area contributed by atoms with Crippen LogP contribution >= 0.6 is 11.3 Å². The number of carbonyl (C=O) groups is 1. The number of aromatic nitrogens is 4. The third-order valence-corrected chi connectivity index (χ3v) is 4.45. The summed E-state index contributed by atoms with van der Waals surface area (Å²) in [5, 5.41) is 9.85. The Bertz CT molecular complexity index is 626. The summed E-state index contributed by atoms with van der Waals surface area (Å²) in [5.74, 6) is -0.0167. The fourth-order valence-corrected chi connectivity index (χ4v) is 3.37. The minimum absolute atomic E-state index is 0.0167.